The summed E-state index contributed by atoms with van der Waals surface area (Å²) < 4.78 is 5.21. The first-order chi connectivity index (χ1) is 9.79. The van der Waals surface area contributed by atoms with Crippen LogP contribution in [0.2, 0.25) is 0 Å². The van der Waals surface area contributed by atoms with Gasteiger partial charge in [0, 0.05) is 12.1 Å². The van der Waals surface area contributed by atoms with Crippen LogP contribution in [0.5, 0.6) is 0 Å². The van der Waals surface area contributed by atoms with Gasteiger partial charge in [0.2, 0.25) is 0 Å². The quantitative estimate of drug-likeness (QED) is 0.837. The van der Waals surface area contributed by atoms with Crippen LogP contribution in [0.3, 0.4) is 0 Å². The Kier molecular flexibility index (Phi) is 4.21. The molecule has 0 unspecified atom stereocenters. The highest BCUT2D eigenvalue weighted by molar-refractivity contribution is 5.67. The first-order valence-corrected chi connectivity index (χ1v) is 7.50. The predicted molar refractivity (Wildman–Crippen MR) is 77.3 cm³/mol. The highest BCUT2D eigenvalue weighted by atomic mass is 16.5. The normalized spacial score (nSPS) is 24.8. The van der Waals surface area contributed by atoms with E-state index in [9.17, 15) is 4.79 Å². The number of benzene rings is 1. The summed E-state index contributed by atoms with van der Waals surface area (Å²) >= 11 is 0. The topological polar surface area (TPSA) is 50.4 Å². The molecule has 2 saturated carbocycles. The molecule has 4 heteroatoms. The molecule has 20 heavy (non-hydrogen) atoms. The lowest BCUT2D eigenvalue weighted by Gasteiger charge is -2.36. The number of hydrogen-bond donors (Lipinski definition) is 2. The second-order valence-corrected chi connectivity index (χ2v) is 5.92. The van der Waals surface area contributed by atoms with E-state index >= 15 is 0 Å². The molecular weight excluding hydrogens is 252 g/mol. The SMILES string of the molecule is O=C(NC1CC(NCC2CC2)C1)OCc1ccccc1. The molecule has 2 fully saturated rings. The Labute approximate surface area is 119 Å². The maximum atomic E-state index is 11.6. The average molecular weight is 274 g/mol. The average Bonchev–Trinajstić information content (AvgIpc) is 3.24. The summed E-state index contributed by atoms with van der Waals surface area (Å²) in [6, 6.07) is 10.6. The highest BCUT2D eigenvalue weighted by Gasteiger charge is 2.32. The van der Waals surface area contributed by atoms with Gasteiger partial charge in [-0.2, -0.15) is 0 Å². The number of nitrogens with one attached hydrogen (secondary N) is 2. The van der Waals surface area contributed by atoms with Gasteiger partial charge in [0.05, 0.1) is 0 Å². The number of ether oxygens (including phenoxy) is 1. The molecule has 0 spiro atoms. The summed E-state index contributed by atoms with van der Waals surface area (Å²) in [7, 11) is 0. The Morgan fingerprint density at radius 1 is 1.15 bits per heavy atom. The predicted octanol–water partition coefficient (Wildman–Crippen LogP) is 2.44. The Morgan fingerprint density at radius 3 is 2.60 bits per heavy atom. The van der Waals surface area contributed by atoms with Crippen molar-refractivity contribution in [1.82, 2.24) is 10.6 Å². The third kappa shape index (κ3) is 3.97. The van der Waals surface area contributed by atoms with Crippen LogP contribution < -0.4 is 10.6 Å². The second kappa shape index (κ2) is 6.27. The van der Waals surface area contributed by atoms with Crippen molar-refractivity contribution in [3.63, 3.8) is 0 Å². The molecule has 1 aromatic rings. The van der Waals surface area contributed by atoms with Crippen molar-refractivity contribution in [1.29, 1.82) is 0 Å². The fraction of sp³-hybridized carbons (Fsp3) is 0.562. The number of hydrogen-bond acceptors (Lipinski definition) is 3. The molecular formula is C16H22N2O2. The minimum absolute atomic E-state index is 0.273. The van der Waals surface area contributed by atoms with Gasteiger partial charge in [-0.15, -0.1) is 0 Å². The molecule has 0 bridgehead atoms. The minimum Gasteiger partial charge on any atom is -0.445 e. The molecule has 0 heterocycles. The van der Waals surface area contributed by atoms with Crippen LogP contribution >= 0.6 is 0 Å². The lowest BCUT2D eigenvalue weighted by Crippen LogP contribution is -2.52. The van der Waals surface area contributed by atoms with Crippen LogP contribution in [0.25, 0.3) is 0 Å². The van der Waals surface area contributed by atoms with E-state index in [1.807, 2.05) is 30.3 Å². The zero-order valence-electron chi connectivity index (χ0n) is 11.7. The van der Waals surface area contributed by atoms with Crippen molar-refractivity contribution in [2.45, 2.75) is 44.4 Å². The first-order valence-electron chi connectivity index (χ1n) is 7.50. The van der Waals surface area contributed by atoms with Gasteiger partial charge in [-0.1, -0.05) is 30.3 Å². The summed E-state index contributed by atoms with van der Waals surface area (Å²) in [5.74, 6) is 0.915. The maximum absolute atomic E-state index is 11.6. The number of amides is 1. The highest BCUT2D eigenvalue weighted by Crippen LogP contribution is 2.29. The Bertz CT molecular complexity index is 439. The second-order valence-electron chi connectivity index (χ2n) is 5.92. The number of carbonyl (C=O) groups excluding carboxylic acids is 1. The summed E-state index contributed by atoms with van der Waals surface area (Å²) in [6.07, 6.45) is 4.50. The fourth-order valence-corrected chi connectivity index (χ4v) is 2.49. The number of rotatable bonds is 6. The first kappa shape index (κ1) is 13.4. The van der Waals surface area contributed by atoms with E-state index in [0.29, 0.717) is 12.6 Å². The van der Waals surface area contributed by atoms with E-state index in [4.69, 9.17) is 4.74 Å². The van der Waals surface area contributed by atoms with E-state index < -0.39 is 0 Å². The van der Waals surface area contributed by atoms with Crippen molar-refractivity contribution >= 4 is 6.09 Å². The van der Waals surface area contributed by atoms with Crippen LogP contribution in [0.1, 0.15) is 31.2 Å². The Morgan fingerprint density at radius 2 is 1.90 bits per heavy atom. The summed E-state index contributed by atoms with van der Waals surface area (Å²) in [4.78, 5) is 11.6. The molecule has 2 aliphatic rings. The lowest BCUT2D eigenvalue weighted by molar-refractivity contribution is 0.125. The summed E-state index contributed by atoms with van der Waals surface area (Å²) in [6.45, 7) is 1.48. The fourth-order valence-electron chi connectivity index (χ4n) is 2.49. The Balaban J connectivity index is 1.28. The largest absolute Gasteiger partial charge is 0.445 e. The minimum atomic E-state index is -0.306. The standard InChI is InChI=1S/C16H22N2O2/c19-16(20-11-13-4-2-1-3-5-13)18-15-8-14(9-15)17-10-12-6-7-12/h1-5,12,14-15,17H,6-11H2,(H,18,19). The van der Waals surface area contributed by atoms with Crippen molar-refractivity contribution in [2.24, 2.45) is 5.92 Å². The monoisotopic (exact) mass is 274 g/mol. The van der Waals surface area contributed by atoms with E-state index in [2.05, 4.69) is 10.6 Å². The van der Waals surface area contributed by atoms with Crippen LogP contribution in [0.15, 0.2) is 30.3 Å². The number of carbonyl (C=O) groups is 1. The Hall–Kier alpha value is -1.55. The maximum Gasteiger partial charge on any atom is 0.407 e. The zero-order chi connectivity index (χ0) is 13.8. The zero-order valence-corrected chi connectivity index (χ0v) is 11.7. The third-order valence-electron chi connectivity index (χ3n) is 4.06. The van der Waals surface area contributed by atoms with Gasteiger partial charge < -0.3 is 15.4 Å². The number of alkyl carbamates (subject to hydrolysis) is 1. The molecule has 0 aliphatic heterocycles. The van der Waals surface area contributed by atoms with Crippen molar-refractivity contribution < 1.29 is 9.53 Å². The van der Waals surface area contributed by atoms with E-state index in [-0.39, 0.29) is 12.1 Å². The smallest absolute Gasteiger partial charge is 0.407 e. The molecule has 0 radical (unpaired) electrons. The van der Waals surface area contributed by atoms with Crippen LogP contribution in [0, 0.1) is 5.92 Å². The summed E-state index contributed by atoms with van der Waals surface area (Å²) in [5, 5.41) is 6.47. The van der Waals surface area contributed by atoms with Gasteiger partial charge in [0.15, 0.2) is 0 Å². The van der Waals surface area contributed by atoms with Crippen LogP contribution in [0.4, 0.5) is 4.79 Å². The van der Waals surface area contributed by atoms with E-state index in [1.165, 1.54) is 12.8 Å². The molecule has 2 N–H and O–H groups in total. The molecule has 108 valence electrons. The molecule has 3 rings (SSSR count). The van der Waals surface area contributed by atoms with Gasteiger partial charge in [-0.25, -0.2) is 4.79 Å². The van der Waals surface area contributed by atoms with Gasteiger partial charge in [0.25, 0.3) is 0 Å². The third-order valence-corrected chi connectivity index (χ3v) is 4.06. The molecule has 2 aliphatic carbocycles. The van der Waals surface area contributed by atoms with Crippen molar-refractivity contribution in [3.8, 4) is 0 Å². The summed E-state index contributed by atoms with van der Waals surface area (Å²) in [5.41, 5.74) is 1.01. The van der Waals surface area contributed by atoms with Crippen LogP contribution in [-0.2, 0) is 11.3 Å². The van der Waals surface area contributed by atoms with Crippen LogP contribution in [-0.4, -0.2) is 24.7 Å². The van der Waals surface area contributed by atoms with E-state index in [1.54, 1.807) is 0 Å². The van der Waals surface area contributed by atoms with Gasteiger partial charge in [-0.3, -0.25) is 0 Å². The van der Waals surface area contributed by atoms with Gasteiger partial charge in [-0.05, 0) is 43.7 Å². The van der Waals surface area contributed by atoms with Crippen molar-refractivity contribution in [3.05, 3.63) is 35.9 Å². The molecule has 0 saturated heterocycles. The molecule has 4 nitrogen and oxygen atoms in total. The van der Waals surface area contributed by atoms with Crippen molar-refractivity contribution in [2.75, 3.05) is 6.54 Å². The van der Waals surface area contributed by atoms with Gasteiger partial charge >= 0.3 is 6.09 Å². The molecule has 1 amide bonds. The van der Waals surface area contributed by atoms with E-state index in [0.717, 1.165) is 30.9 Å². The van der Waals surface area contributed by atoms with Gasteiger partial charge in [0.1, 0.15) is 6.61 Å². The molecule has 1 aromatic carbocycles. The molecule has 0 aromatic heterocycles. The molecule has 0 atom stereocenters. The lowest BCUT2D eigenvalue weighted by atomic mass is 9.87.